The normalized spacial score (nSPS) is 15.2. The Balaban J connectivity index is 1.01. The number of aliphatic hydroxyl groups excluding tert-OH is 1. The number of hydrogen-bond donors (Lipinski definition) is 3. The molecule has 7 nitrogen and oxygen atoms in total. The van der Waals surface area contributed by atoms with Gasteiger partial charge in [-0.25, -0.2) is 0 Å². The number of nitrogens with zero attached hydrogens (tertiary/aromatic N) is 2. The standard InChI is InChI=1S/C33H34N4O3/c38-28-16-18-37(19-17-28)27-14-8-24(9-15-27)31(39)20-22-4-10-25(11-5-22)34-26-12-6-23(7-13-26)21-32(40)33-29-2-1-3-30(29)35-36-33/h4-15,28,34,38H,1-3,16-21H2,(H,35,36). The van der Waals surface area contributed by atoms with E-state index in [-0.39, 0.29) is 17.7 Å². The molecule has 0 spiro atoms. The molecule has 0 saturated carbocycles. The summed E-state index contributed by atoms with van der Waals surface area (Å²) in [4.78, 5) is 27.9. The average molecular weight is 535 g/mol. The van der Waals surface area contributed by atoms with Crippen LogP contribution in [0, 0.1) is 0 Å². The van der Waals surface area contributed by atoms with Crippen LogP contribution in [0.1, 0.15) is 62.5 Å². The van der Waals surface area contributed by atoms with Crippen LogP contribution in [0.4, 0.5) is 17.1 Å². The van der Waals surface area contributed by atoms with E-state index in [2.05, 4.69) is 20.4 Å². The number of ketones is 2. The van der Waals surface area contributed by atoms with Crippen LogP contribution in [-0.4, -0.2) is 46.1 Å². The maximum atomic E-state index is 12.9. The van der Waals surface area contributed by atoms with E-state index in [0.717, 1.165) is 84.6 Å². The molecule has 0 atom stereocenters. The third kappa shape index (κ3) is 5.84. The minimum absolute atomic E-state index is 0.0592. The average Bonchev–Trinajstić information content (AvgIpc) is 3.60. The van der Waals surface area contributed by atoms with Gasteiger partial charge in [-0.2, -0.15) is 5.10 Å². The lowest BCUT2D eigenvalue weighted by atomic mass is 10.0. The molecule has 1 aliphatic heterocycles. The molecule has 0 radical (unpaired) electrons. The van der Waals surface area contributed by atoms with Gasteiger partial charge in [0.25, 0.3) is 0 Å². The van der Waals surface area contributed by atoms with Gasteiger partial charge < -0.3 is 15.3 Å². The van der Waals surface area contributed by atoms with Gasteiger partial charge in [-0.05, 0) is 91.8 Å². The highest BCUT2D eigenvalue weighted by Crippen LogP contribution is 2.25. The lowest BCUT2D eigenvalue weighted by Gasteiger charge is -2.31. The van der Waals surface area contributed by atoms with E-state index in [0.29, 0.717) is 24.1 Å². The fourth-order valence-corrected chi connectivity index (χ4v) is 5.67. The number of benzene rings is 3. The predicted octanol–water partition coefficient (Wildman–Crippen LogP) is 5.45. The van der Waals surface area contributed by atoms with Gasteiger partial charge in [-0.15, -0.1) is 0 Å². The lowest BCUT2D eigenvalue weighted by Crippen LogP contribution is -2.35. The summed E-state index contributed by atoms with van der Waals surface area (Å²) in [5, 5.41) is 20.4. The van der Waals surface area contributed by atoms with Gasteiger partial charge in [0, 0.05) is 59.8 Å². The number of aliphatic hydroxyl groups is 1. The van der Waals surface area contributed by atoms with Crippen LogP contribution in [-0.2, 0) is 25.7 Å². The Morgan fingerprint density at radius 2 is 1.43 bits per heavy atom. The van der Waals surface area contributed by atoms with E-state index in [9.17, 15) is 14.7 Å². The van der Waals surface area contributed by atoms with E-state index in [1.54, 1.807) is 0 Å². The molecular formula is C33H34N4O3. The Morgan fingerprint density at radius 1 is 0.825 bits per heavy atom. The van der Waals surface area contributed by atoms with Crippen LogP contribution >= 0.6 is 0 Å². The van der Waals surface area contributed by atoms with Gasteiger partial charge in [0.2, 0.25) is 0 Å². The van der Waals surface area contributed by atoms with Crippen molar-refractivity contribution in [3.8, 4) is 0 Å². The number of hydrogen-bond acceptors (Lipinski definition) is 6. The van der Waals surface area contributed by atoms with Crippen LogP contribution < -0.4 is 10.2 Å². The van der Waals surface area contributed by atoms with Crippen molar-refractivity contribution in [3.05, 3.63) is 106 Å². The molecule has 3 aromatic carbocycles. The van der Waals surface area contributed by atoms with Crippen molar-refractivity contribution in [2.75, 3.05) is 23.3 Å². The molecule has 1 aliphatic carbocycles. The predicted molar refractivity (Wildman–Crippen MR) is 157 cm³/mol. The number of piperidine rings is 1. The number of anilines is 3. The Labute approximate surface area is 234 Å². The maximum Gasteiger partial charge on any atom is 0.187 e. The summed E-state index contributed by atoms with van der Waals surface area (Å²) in [6.07, 6.45) is 5.05. The van der Waals surface area contributed by atoms with Gasteiger partial charge in [0.05, 0.1) is 6.10 Å². The molecule has 40 heavy (non-hydrogen) atoms. The highest BCUT2D eigenvalue weighted by atomic mass is 16.3. The van der Waals surface area contributed by atoms with Crippen LogP contribution in [0.2, 0.25) is 0 Å². The largest absolute Gasteiger partial charge is 0.393 e. The first-order valence-electron chi connectivity index (χ1n) is 14.1. The SMILES string of the molecule is O=C(Cc1ccc(Nc2ccc(CC(=O)c3n[nH]c4c3CCC4)cc2)cc1)c1ccc(N2CCC(O)CC2)cc1. The number of carbonyl (C=O) groups is 2. The van der Waals surface area contributed by atoms with Crippen molar-refractivity contribution in [2.24, 2.45) is 0 Å². The number of rotatable bonds is 9. The number of aromatic amines is 1. The summed E-state index contributed by atoms with van der Waals surface area (Å²) in [7, 11) is 0. The molecule has 0 unspecified atom stereocenters. The Hall–Kier alpha value is -4.23. The number of Topliss-reactive ketones (excluding diaryl/α,β-unsaturated/α-hetero) is 2. The van der Waals surface area contributed by atoms with Crippen LogP contribution in [0.5, 0.6) is 0 Å². The molecule has 1 fully saturated rings. The van der Waals surface area contributed by atoms with Crippen molar-refractivity contribution >= 4 is 28.6 Å². The van der Waals surface area contributed by atoms with E-state index >= 15 is 0 Å². The zero-order valence-corrected chi connectivity index (χ0v) is 22.5. The number of nitrogens with one attached hydrogen (secondary N) is 2. The Bertz CT molecular complexity index is 1480. The molecule has 0 bridgehead atoms. The Kier molecular flexibility index (Phi) is 7.47. The highest BCUT2D eigenvalue weighted by molar-refractivity contribution is 5.98. The third-order valence-corrected chi connectivity index (χ3v) is 8.02. The molecule has 4 aromatic rings. The summed E-state index contributed by atoms with van der Waals surface area (Å²) >= 11 is 0. The van der Waals surface area contributed by atoms with E-state index < -0.39 is 0 Å². The number of carbonyl (C=O) groups excluding carboxylic acids is 2. The van der Waals surface area contributed by atoms with Gasteiger partial charge in [-0.1, -0.05) is 24.3 Å². The zero-order valence-electron chi connectivity index (χ0n) is 22.5. The van der Waals surface area contributed by atoms with Gasteiger partial charge >= 0.3 is 0 Å². The second-order valence-electron chi connectivity index (χ2n) is 10.9. The zero-order chi connectivity index (χ0) is 27.5. The fourth-order valence-electron chi connectivity index (χ4n) is 5.67. The van der Waals surface area contributed by atoms with Crippen LogP contribution in [0.25, 0.3) is 0 Å². The molecule has 1 aromatic heterocycles. The minimum atomic E-state index is -0.199. The lowest BCUT2D eigenvalue weighted by molar-refractivity contribution is 0.0981. The monoisotopic (exact) mass is 534 g/mol. The highest BCUT2D eigenvalue weighted by Gasteiger charge is 2.23. The first kappa shape index (κ1) is 26.0. The number of fused-ring (bicyclic) bond motifs is 1. The molecule has 2 heterocycles. The van der Waals surface area contributed by atoms with E-state index in [1.165, 1.54) is 0 Å². The number of H-pyrrole nitrogens is 1. The van der Waals surface area contributed by atoms with Crippen molar-refractivity contribution in [2.45, 2.75) is 51.0 Å². The van der Waals surface area contributed by atoms with Gasteiger partial charge in [0.1, 0.15) is 5.69 Å². The van der Waals surface area contributed by atoms with Gasteiger partial charge in [0.15, 0.2) is 11.6 Å². The van der Waals surface area contributed by atoms with Crippen molar-refractivity contribution in [3.63, 3.8) is 0 Å². The van der Waals surface area contributed by atoms with Crippen molar-refractivity contribution in [1.82, 2.24) is 10.2 Å². The van der Waals surface area contributed by atoms with Crippen LogP contribution in [0.3, 0.4) is 0 Å². The molecule has 6 rings (SSSR count). The molecule has 7 heteroatoms. The summed E-state index contributed by atoms with van der Waals surface area (Å²) in [6, 6.07) is 23.6. The molecule has 3 N–H and O–H groups in total. The van der Waals surface area contributed by atoms with E-state index in [1.807, 2.05) is 72.8 Å². The van der Waals surface area contributed by atoms with E-state index in [4.69, 9.17) is 0 Å². The molecular weight excluding hydrogens is 500 g/mol. The smallest absolute Gasteiger partial charge is 0.187 e. The van der Waals surface area contributed by atoms with Gasteiger partial charge in [-0.3, -0.25) is 14.7 Å². The molecule has 1 saturated heterocycles. The summed E-state index contributed by atoms with van der Waals surface area (Å²) < 4.78 is 0. The van der Waals surface area contributed by atoms with Crippen LogP contribution in [0.15, 0.2) is 72.8 Å². The Morgan fingerprint density at radius 3 is 2.05 bits per heavy atom. The summed E-state index contributed by atoms with van der Waals surface area (Å²) in [6.45, 7) is 1.68. The fraction of sp³-hybridized carbons (Fsp3) is 0.303. The van der Waals surface area contributed by atoms with Crippen molar-refractivity contribution < 1.29 is 14.7 Å². The maximum absolute atomic E-state index is 12.9. The minimum Gasteiger partial charge on any atom is -0.393 e. The number of aryl methyl sites for hydroxylation is 1. The first-order chi connectivity index (χ1) is 19.5. The second kappa shape index (κ2) is 11.5. The van der Waals surface area contributed by atoms with Crippen molar-refractivity contribution in [1.29, 1.82) is 0 Å². The molecule has 204 valence electrons. The number of aromatic nitrogens is 2. The molecule has 0 amide bonds. The quantitative estimate of drug-likeness (QED) is 0.247. The molecule has 2 aliphatic rings. The topological polar surface area (TPSA) is 98.3 Å². The first-order valence-corrected chi connectivity index (χ1v) is 14.1. The summed E-state index contributed by atoms with van der Waals surface area (Å²) in [5.74, 6) is 0.148. The third-order valence-electron chi connectivity index (χ3n) is 8.02. The summed E-state index contributed by atoms with van der Waals surface area (Å²) in [5.41, 5.74) is 8.41. The second-order valence-corrected chi connectivity index (χ2v) is 10.9.